The summed E-state index contributed by atoms with van der Waals surface area (Å²) >= 11 is 0. The molecule has 2 fully saturated rings. The quantitative estimate of drug-likeness (QED) is 0.720. The van der Waals surface area contributed by atoms with Crippen LogP contribution in [0.1, 0.15) is 25.7 Å². The normalized spacial score (nSPS) is 17.7. The Kier molecular flexibility index (Phi) is 8.33. The van der Waals surface area contributed by atoms with Crippen molar-refractivity contribution in [2.24, 2.45) is 0 Å². The zero-order valence-corrected chi connectivity index (χ0v) is 16.6. The zero-order chi connectivity index (χ0) is 21.3. The summed E-state index contributed by atoms with van der Waals surface area (Å²) in [5.74, 6) is -3.24. The van der Waals surface area contributed by atoms with Gasteiger partial charge in [-0.15, -0.1) is 0 Å². The highest BCUT2D eigenvalue weighted by Crippen LogP contribution is 2.24. The first kappa shape index (κ1) is 22.4. The van der Waals surface area contributed by atoms with Gasteiger partial charge in [-0.1, -0.05) is 12.1 Å². The van der Waals surface area contributed by atoms with Crippen molar-refractivity contribution in [3.05, 3.63) is 59.7 Å². The fourth-order valence-corrected chi connectivity index (χ4v) is 3.34. The zero-order valence-electron chi connectivity index (χ0n) is 16.6. The van der Waals surface area contributed by atoms with Crippen molar-refractivity contribution in [1.82, 2.24) is 10.6 Å². The maximum absolute atomic E-state index is 13.2. The van der Waals surface area contributed by atoms with E-state index < -0.39 is 23.3 Å². The molecular weight excluding hydrogens is 400 g/mol. The average Bonchev–Trinajstić information content (AvgIpc) is 2.76. The summed E-state index contributed by atoms with van der Waals surface area (Å²) < 4.78 is 63.3. The molecule has 2 aliphatic rings. The van der Waals surface area contributed by atoms with E-state index in [0.717, 1.165) is 57.9 Å². The highest BCUT2D eigenvalue weighted by Gasteiger charge is 2.19. The molecule has 0 radical (unpaired) electrons. The van der Waals surface area contributed by atoms with Crippen LogP contribution in [0.15, 0.2) is 36.4 Å². The van der Waals surface area contributed by atoms with Crippen molar-refractivity contribution in [2.75, 3.05) is 26.2 Å². The van der Waals surface area contributed by atoms with Gasteiger partial charge in [0.25, 0.3) is 0 Å². The molecule has 8 heteroatoms. The number of hydrogen-bond donors (Lipinski definition) is 2. The summed E-state index contributed by atoms with van der Waals surface area (Å²) in [7, 11) is 0. The summed E-state index contributed by atoms with van der Waals surface area (Å²) in [6, 6.07) is 7.75. The lowest BCUT2D eigenvalue weighted by Crippen LogP contribution is -2.34. The van der Waals surface area contributed by atoms with Gasteiger partial charge in [0.2, 0.25) is 5.82 Å². The van der Waals surface area contributed by atoms with Gasteiger partial charge in [0.1, 0.15) is 12.2 Å². The van der Waals surface area contributed by atoms with Gasteiger partial charge in [0.15, 0.2) is 29.0 Å². The van der Waals surface area contributed by atoms with E-state index in [2.05, 4.69) is 10.6 Å². The standard InChI is InChI=1S/2C11H13F2NO/c12-9-2-1-3-10(11(9)13)15-8-4-6-14-7-5-8;12-9-2-1-3-10(13)11(9)15-8-4-6-14-7-5-8/h2*1-3,8,14H,4-7H2. The average molecular weight is 426 g/mol. The van der Waals surface area contributed by atoms with Crippen molar-refractivity contribution in [1.29, 1.82) is 0 Å². The van der Waals surface area contributed by atoms with Crippen LogP contribution < -0.4 is 20.1 Å². The molecule has 30 heavy (non-hydrogen) atoms. The van der Waals surface area contributed by atoms with Gasteiger partial charge in [-0.2, -0.15) is 4.39 Å². The molecule has 0 bridgehead atoms. The first-order valence-electron chi connectivity index (χ1n) is 10.2. The Morgan fingerprint density at radius 2 is 1.10 bits per heavy atom. The predicted octanol–water partition coefficient (Wildman–Crippen LogP) is 4.19. The predicted molar refractivity (Wildman–Crippen MR) is 106 cm³/mol. The molecule has 4 nitrogen and oxygen atoms in total. The van der Waals surface area contributed by atoms with Gasteiger partial charge in [0, 0.05) is 0 Å². The minimum Gasteiger partial charge on any atom is -0.487 e. The summed E-state index contributed by atoms with van der Waals surface area (Å²) in [4.78, 5) is 0. The number of halogens is 4. The maximum atomic E-state index is 13.2. The Morgan fingerprint density at radius 3 is 1.67 bits per heavy atom. The molecule has 0 saturated carbocycles. The number of nitrogens with one attached hydrogen (secondary N) is 2. The number of rotatable bonds is 4. The van der Waals surface area contributed by atoms with Gasteiger partial charge in [0.05, 0.1) is 0 Å². The molecule has 0 spiro atoms. The van der Waals surface area contributed by atoms with Crippen molar-refractivity contribution in [3.8, 4) is 11.5 Å². The SMILES string of the molecule is Fc1cccc(F)c1OC1CCNCC1.Fc1cccc(OC2CCNCC2)c1F. The number of piperidine rings is 2. The number of ether oxygens (including phenoxy) is 2. The van der Waals surface area contributed by atoms with E-state index in [1.165, 1.54) is 30.3 Å². The molecule has 0 unspecified atom stereocenters. The highest BCUT2D eigenvalue weighted by atomic mass is 19.2. The van der Waals surface area contributed by atoms with E-state index in [4.69, 9.17) is 9.47 Å². The second-order valence-electron chi connectivity index (χ2n) is 7.24. The van der Waals surface area contributed by atoms with E-state index >= 15 is 0 Å². The van der Waals surface area contributed by atoms with Crippen LogP contribution in [0.2, 0.25) is 0 Å². The molecule has 2 aliphatic heterocycles. The van der Waals surface area contributed by atoms with Crippen LogP contribution in [-0.4, -0.2) is 38.4 Å². The Balaban J connectivity index is 0.000000171. The van der Waals surface area contributed by atoms with E-state index in [9.17, 15) is 17.6 Å². The number of benzene rings is 2. The lowest BCUT2D eigenvalue weighted by molar-refractivity contribution is 0.149. The first-order valence-corrected chi connectivity index (χ1v) is 10.2. The summed E-state index contributed by atoms with van der Waals surface area (Å²) in [5.41, 5.74) is 0. The van der Waals surface area contributed by atoms with E-state index in [-0.39, 0.29) is 23.7 Å². The summed E-state index contributed by atoms with van der Waals surface area (Å²) in [6.07, 6.45) is 3.13. The Morgan fingerprint density at radius 1 is 0.633 bits per heavy atom. The number of hydrogen-bond acceptors (Lipinski definition) is 4. The van der Waals surface area contributed by atoms with Gasteiger partial charge in [-0.25, -0.2) is 13.2 Å². The van der Waals surface area contributed by atoms with E-state index in [1.54, 1.807) is 0 Å². The van der Waals surface area contributed by atoms with Crippen molar-refractivity contribution in [2.45, 2.75) is 37.9 Å². The Hall–Kier alpha value is -2.32. The molecule has 0 aliphatic carbocycles. The van der Waals surface area contributed by atoms with Crippen molar-refractivity contribution < 1.29 is 27.0 Å². The topological polar surface area (TPSA) is 42.5 Å². The van der Waals surface area contributed by atoms with Gasteiger partial charge in [-0.3, -0.25) is 0 Å². The highest BCUT2D eigenvalue weighted by molar-refractivity contribution is 5.26. The van der Waals surface area contributed by atoms with Crippen LogP contribution in [0.25, 0.3) is 0 Å². The van der Waals surface area contributed by atoms with Gasteiger partial charge >= 0.3 is 0 Å². The second-order valence-corrected chi connectivity index (χ2v) is 7.24. The fraction of sp³-hybridized carbons (Fsp3) is 0.455. The molecule has 2 saturated heterocycles. The molecule has 2 N–H and O–H groups in total. The van der Waals surface area contributed by atoms with Crippen LogP contribution in [-0.2, 0) is 0 Å². The van der Waals surface area contributed by atoms with Gasteiger partial charge in [-0.05, 0) is 76.1 Å². The smallest absolute Gasteiger partial charge is 0.200 e. The molecular formula is C22H26F4N2O2. The van der Waals surface area contributed by atoms with Crippen molar-refractivity contribution in [3.63, 3.8) is 0 Å². The molecule has 4 rings (SSSR count). The summed E-state index contributed by atoms with van der Waals surface area (Å²) in [6.45, 7) is 3.39. The first-order chi connectivity index (χ1) is 14.5. The molecule has 2 aromatic rings. The lowest BCUT2D eigenvalue weighted by Gasteiger charge is -2.24. The third-order valence-corrected chi connectivity index (χ3v) is 4.99. The van der Waals surface area contributed by atoms with Crippen LogP contribution in [0.4, 0.5) is 17.6 Å². The minimum absolute atomic E-state index is 0.0115. The molecule has 0 amide bonds. The maximum Gasteiger partial charge on any atom is 0.200 e. The molecule has 0 atom stereocenters. The lowest BCUT2D eigenvalue weighted by atomic mass is 10.1. The monoisotopic (exact) mass is 426 g/mol. The molecule has 164 valence electrons. The van der Waals surface area contributed by atoms with Crippen LogP contribution in [0.3, 0.4) is 0 Å². The molecule has 2 heterocycles. The number of para-hydroxylation sites is 1. The van der Waals surface area contributed by atoms with Gasteiger partial charge < -0.3 is 20.1 Å². The Labute approximate surface area is 173 Å². The molecule has 0 aromatic heterocycles. The Bertz CT molecular complexity index is 789. The second kappa shape index (κ2) is 11.2. The van der Waals surface area contributed by atoms with E-state index in [0.29, 0.717) is 0 Å². The molecule has 2 aromatic carbocycles. The van der Waals surface area contributed by atoms with Crippen molar-refractivity contribution >= 4 is 0 Å². The summed E-state index contributed by atoms with van der Waals surface area (Å²) in [5, 5.41) is 6.34. The third-order valence-electron chi connectivity index (χ3n) is 4.99. The van der Waals surface area contributed by atoms with Crippen LogP contribution >= 0.6 is 0 Å². The largest absolute Gasteiger partial charge is 0.487 e. The van der Waals surface area contributed by atoms with Crippen LogP contribution in [0, 0.1) is 23.3 Å². The van der Waals surface area contributed by atoms with Crippen LogP contribution in [0.5, 0.6) is 11.5 Å². The minimum atomic E-state index is -0.893. The van der Waals surface area contributed by atoms with E-state index in [1.807, 2.05) is 0 Å². The fourth-order valence-electron chi connectivity index (χ4n) is 3.34. The third kappa shape index (κ3) is 6.34.